The molecule has 2 rings (SSSR count). The van der Waals surface area contributed by atoms with E-state index in [4.69, 9.17) is 9.15 Å². The van der Waals surface area contributed by atoms with Crippen molar-refractivity contribution >= 4 is 17.4 Å². The maximum atomic E-state index is 11.0. The van der Waals surface area contributed by atoms with Gasteiger partial charge in [0.25, 0.3) is 5.89 Å². The fourth-order valence-corrected chi connectivity index (χ4v) is 1.95. The average Bonchev–Trinajstić information content (AvgIpc) is 2.99. The molecule has 18 heavy (non-hydrogen) atoms. The minimum Gasteiger partial charge on any atom is -0.450 e. The third kappa shape index (κ3) is 3.30. The number of nitrogens with one attached hydrogen (secondary N) is 1. The maximum absolute atomic E-state index is 11.0. The van der Waals surface area contributed by atoms with E-state index in [1.54, 1.807) is 6.92 Å². The summed E-state index contributed by atoms with van der Waals surface area (Å²) >= 11 is 1.54. The first-order valence-electron chi connectivity index (χ1n) is 5.56. The monoisotopic (exact) mass is 267 g/mol. The zero-order valence-electron chi connectivity index (χ0n) is 9.88. The van der Waals surface area contributed by atoms with Gasteiger partial charge in [-0.3, -0.25) is 0 Å². The van der Waals surface area contributed by atoms with Gasteiger partial charge in [-0.15, -0.1) is 21.5 Å². The van der Waals surface area contributed by atoms with Crippen molar-refractivity contribution in [1.82, 2.24) is 15.5 Å². The van der Waals surface area contributed by atoms with Gasteiger partial charge >= 0.3 is 6.09 Å². The summed E-state index contributed by atoms with van der Waals surface area (Å²) in [4.78, 5) is 12.0. The molecule has 2 aromatic heterocycles. The molecule has 96 valence electrons. The largest absolute Gasteiger partial charge is 0.450 e. The number of nitrogens with zero attached hydrogens (tertiary/aromatic N) is 2. The van der Waals surface area contributed by atoms with E-state index in [9.17, 15) is 4.79 Å². The fraction of sp³-hybridized carbons (Fsp3) is 0.364. The number of aromatic nitrogens is 2. The Labute approximate surface area is 108 Å². The highest BCUT2D eigenvalue weighted by atomic mass is 32.1. The second-order valence-electron chi connectivity index (χ2n) is 3.38. The van der Waals surface area contributed by atoms with Crippen LogP contribution in [0.1, 0.15) is 12.8 Å². The number of rotatable bonds is 5. The number of hydrogen-bond acceptors (Lipinski definition) is 6. The Morgan fingerprint density at radius 2 is 2.44 bits per heavy atom. The van der Waals surface area contributed by atoms with E-state index in [0.29, 0.717) is 31.4 Å². The van der Waals surface area contributed by atoms with E-state index in [2.05, 4.69) is 15.5 Å². The summed E-state index contributed by atoms with van der Waals surface area (Å²) in [6, 6.07) is 3.84. The van der Waals surface area contributed by atoms with Crippen LogP contribution in [0.2, 0.25) is 0 Å². The predicted octanol–water partition coefficient (Wildman–Crippen LogP) is 2.09. The molecule has 1 amide bonds. The minimum atomic E-state index is -0.435. The number of alkyl carbamates (subject to hydrolysis) is 1. The molecule has 0 unspecified atom stereocenters. The molecule has 2 aromatic rings. The van der Waals surface area contributed by atoms with Crippen LogP contribution in [-0.2, 0) is 11.2 Å². The molecule has 0 aliphatic heterocycles. The van der Waals surface area contributed by atoms with Crippen LogP contribution in [0.4, 0.5) is 4.79 Å². The molecule has 6 nitrogen and oxygen atoms in total. The van der Waals surface area contributed by atoms with Crippen molar-refractivity contribution in [2.45, 2.75) is 13.3 Å². The lowest BCUT2D eigenvalue weighted by atomic mass is 10.4. The summed E-state index contributed by atoms with van der Waals surface area (Å²) < 4.78 is 10.2. The van der Waals surface area contributed by atoms with Gasteiger partial charge in [0, 0.05) is 13.0 Å². The molecule has 0 aromatic carbocycles. The SMILES string of the molecule is CCOC(=O)NCCc1nnc(-c2cccs2)o1. The van der Waals surface area contributed by atoms with Crippen molar-refractivity contribution in [2.75, 3.05) is 13.2 Å². The molecule has 7 heteroatoms. The lowest BCUT2D eigenvalue weighted by molar-refractivity contribution is 0.152. The molecule has 0 aliphatic carbocycles. The third-order valence-corrected chi connectivity index (χ3v) is 2.94. The Hall–Kier alpha value is -1.89. The van der Waals surface area contributed by atoms with Crippen molar-refractivity contribution < 1.29 is 13.9 Å². The van der Waals surface area contributed by atoms with Crippen LogP contribution in [0.25, 0.3) is 10.8 Å². The van der Waals surface area contributed by atoms with Crippen LogP contribution in [-0.4, -0.2) is 29.4 Å². The third-order valence-electron chi connectivity index (χ3n) is 2.08. The highest BCUT2D eigenvalue weighted by Crippen LogP contribution is 2.22. The fourth-order valence-electron chi connectivity index (χ4n) is 1.31. The molecule has 0 aliphatic rings. The topological polar surface area (TPSA) is 77.2 Å². The lowest BCUT2D eigenvalue weighted by Crippen LogP contribution is -2.26. The molecular weight excluding hydrogens is 254 g/mol. The van der Waals surface area contributed by atoms with Crippen molar-refractivity contribution in [1.29, 1.82) is 0 Å². The smallest absolute Gasteiger partial charge is 0.407 e. The number of thiophene rings is 1. The zero-order valence-corrected chi connectivity index (χ0v) is 10.7. The van der Waals surface area contributed by atoms with Crippen molar-refractivity contribution in [3.05, 3.63) is 23.4 Å². The maximum Gasteiger partial charge on any atom is 0.407 e. The van der Waals surface area contributed by atoms with Gasteiger partial charge in [0.1, 0.15) is 0 Å². The average molecular weight is 267 g/mol. The van der Waals surface area contributed by atoms with Crippen LogP contribution >= 0.6 is 11.3 Å². The number of ether oxygens (including phenoxy) is 1. The number of amides is 1. The van der Waals surface area contributed by atoms with Gasteiger partial charge in [0.2, 0.25) is 5.89 Å². The normalized spacial score (nSPS) is 10.3. The Kier molecular flexibility index (Phi) is 4.30. The molecule has 1 N–H and O–H groups in total. The molecule has 2 heterocycles. The van der Waals surface area contributed by atoms with Crippen LogP contribution in [0.15, 0.2) is 21.9 Å². The van der Waals surface area contributed by atoms with Crippen LogP contribution in [0.5, 0.6) is 0 Å². The molecular formula is C11H13N3O3S. The van der Waals surface area contributed by atoms with Crippen molar-refractivity contribution in [3.63, 3.8) is 0 Å². The summed E-state index contributed by atoms with van der Waals surface area (Å²) in [5.74, 6) is 1.01. The van der Waals surface area contributed by atoms with Gasteiger partial charge in [0.15, 0.2) is 0 Å². The molecule has 0 bridgehead atoms. The zero-order chi connectivity index (χ0) is 12.8. The molecule has 0 saturated heterocycles. The van der Waals surface area contributed by atoms with E-state index in [1.807, 2.05) is 17.5 Å². The van der Waals surface area contributed by atoms with Gasteiger partial charge in [-0.05, 0) is 18.4 Å². The van der Waals surface area contributed by atoms with Gasteiger partial charge < -0.3 is 14.5 Å². The van der Waals surface area contributed by atoms with Gasteiger partial charge in [-0.25, -0.2) is 4.79 Å². The van der Waals surface area contributed by atoms with E-state index in [-0.39, 0.29) is 0 Å². The van der Waals surface area contributed by atoms with E-state index >= 15 is 0 Å². The second kappa shape index (κ2) is 6.15. The van der Waals surface area contributed by atoms with Crippen molar-refractivity contribution in [2.24, 2.45) is 0 Å². The Balaban J connectivity index is 1.82. The Morgan fingerprint density at radius 3 is 3.17 bits per heavy atom. The van der Waals surface area contributed by atoms with Crippen LogP contribution < -0.4 is 5.32 Å². The lowest BCUT2D eigenvalue weighted by Gasteiger charge is -2.02. The molecule has 0 spiro atoms. The quantitative estimate of drug-likeness (QED) is 0.897. The first kappa shape index (κ1) is 12.6. The minimum absolute atomic E-state index is 0.356. The highest BCUT2D eigenvalue weighted by molar-refractivity contribution is 7.13. The van der Waals surface area contributed by atoms with E-state index in [0.717, 1.165) is 4.88 Å². The van der Waals surface area contributed by atoms with Crippen molar-refractivity contribution in [3.8, 4) is 10.8 Å². The number of hydrogen-bond donors (Lipinski definition) is 1. The highest BCUT2D eigenvalue weighted by Gasteiger charge is 2.09. The molecule has 0 fully saturated rings. The Morgan fingerprint density at radius 1 is 1.56 bits per heavy atom. The van der Waals surface area contributed by atoms with E-state index < -0.39 is 6.09 Å². The van der Waals surface area contributed by atoms with Crippen LogP contribution in [0.3, 0.4) is 0 Å². The van der Waals surface area contributed by atoms with Gasteiger partial charge in [-0.2, -0.15) is 0 Å². The number of carbonyl (C=O) groups is 1. The van der Waals surface area contributed by atoms with Gasteiger partial charge in [0.05, 0.1) is 11.5 Å². The molecule has 0 atom stereocenters. The molecule has 0 saturated carbocycles. The summed E-state index contributed by atoms with van der Waals surface area (Å²) in [6.45, 7) is 2.52. The second-order valence-corrected chi connectivity index (χ2v) is 4.32. The van der Waals surface area contributed by atoms with Crippen LogP contribution in [0, 0.1) is 0 Å². The predicted molar refractivity (Wildman–Crippen MR) is 66.3 cm³/mol. The summed E-state index contributed by atoms with van der Waals surface area (Å²) in [6.07, 6.45) is 0.0486. The summed E-state index contributed by atoms with van der Waals surface area (Å²) in [7, 11) is 0. The van der Waals surface area contributed by atoms with Gasteiger partial charge in [-0.1, -0.05) is 6.07 Å². The summed E-state index contributed by atoms with van der Waals surface area (Å²) in [5, 5.41) is 12.4. The standard InChI is InChI=1S/C11H13N3O3S/c1-2-16-11(15)12-6-5-9-13-14-10(17-9)8-4-3-7-18-8/h3-4,7H,2,5-6H2,1H3,(H,12,15). The molecule has 0 radical (unpaired) electrons. The van der Waals surface area contributed by atoms with E-state index in [1.165, 1.54) is 11.3 Å². The summed E-state index contributed by atoms with van der Waals surface area (Å²) in [5.41, 5.74) is 0. The number of carbonyl (C=O) groups excluding carboxylic acids is 1. The first-order chi connectivity index (χ1) is 8.79. The Bertz CT molecular complexity index is 495. The first-order valence-corrected chi connectivity index (χ1v) is 6.44.